The van der Waals surface area contributed by atoms with E-state index in [4.69, 9.17) is 33.4 Å². The molecule has 0 atom stereocenters. The molecule has 2 amide bonds. The maximum atomic E-state index is 11.6. The van der Waals surface area contributed by atoms with E-state index in [0.29, 0.717) is 16.4 Å². The molecular formula is C24H24Cl2N2O6. The van der Waals surface area contributed by atoms with E-state index in [2.05, 4.69) is 13.2 Å². The molecule has 10 heteroatoms. The zero-order valence-corrected chi connectivity index (χ0v) is 19.9. The van der Waals surface area contributed by atoms with E-state index < -0.39 is 30.3 Å². The summed E-state index contributed by atoms with van der Waals surface area (Å²) in [6.07, 6.45) is 2.98. The second-order valence-electron chi connectivity index (χ2n) is 6.67. The Morgan fingerprint density at radius 1 is 0.824 bits per heavy atom. The summed E-state index contributed by atoms with van der Waals surface area (Å²) in [7, 11) is 0. The van der Waals surface area contributed by atoms with Crippen molar-refractivity contribution in [1.82, 2.24) is 0 Å². The van der Waals surface area contributed by atoms with Crippen LogP contribution in [-0.2, 0) is 25.6 Å². The van der Waals surface area contributed by atoms with Crippen molar-refractivity contribution >= 4 is 58.3 Å². The molecule has 0 spiro atoms. The number of hydrogen-bond acceptors (Lipinski definition) is 4. The van der Waals surface area contributed by atoms with Gasteiger partial charge in [-0.1, -0.05) is 55.4 Å². The molecule has 2 N–H and O–H groups in total. The monoisotopic (exact) mass is 506 g/mol. The molecule has 0 aliphatic carbocycles. The summed E-state index contributed by atoms with van der Waals surface area (Å²) in [4.78, 5) is 46.7. The quantitative estimate of drug-likeness (QED) is 0.485. The number of aliphatic carboxylic acids is 2. The summed E-state index contributed by atoms with van der Waals surface area (Å²) in [5.41, 5.74) is 1.98. The van der Waals surface area contributed by atoms with Crippen LogP contribution in [0.1, 0.15) is 12.5 Å². The van der Waals surface area contributed by atoms with Gasteiger partial charge in [-0.3, -0.25) is 29.0 Å². The minimum atomic E-state index is -1.13. The topological polar surface area (TPSA) is 115 Å². The second kappa shape index (κ2) is 13.8. The summed E-state index contributed by atoms with van der Waals surface area (Å²) in [5, 5.41) is 18.1. The molecule has 34 heavy (non-hydrogen) atoms. The van der Waals surface area contributed by atoms with Gasteiger partial charge >= 0.3 is 11.9 Å². The number of carbonyl (C=O) groups excluding carboxylic acids is 2. The lowest BCUT2D eigenvalue weighted by Gasteiger charge is -2.19. The summed E-state index contributed by atoms with van der Waals surface area (Å²) < 4.78 is 0. The van der Waals surface area contributed by atoms with Gasteiger partial charge in [0.05, 0.1) is 10.0 Å². The van der Waals surface area contributed by atoms with Gasteiger partial charge < -0.3 is 10.2 Å². The van der Waals surface area contributed by atoms with Crippen molar-refractivity contribution in [3.8, 4) is 0 Å². The van der Waals surface area contributed by atoms with E-state index >= 15 is 0 Å². The molecule has 0 heterocycles. The zero-order chi connectivity index (χ0) is 25.8. The summed E-state index contributed by atoms with van der Waals surface area (Å²) in [6.45, 7) is 7.85. The first-order chi connectivity index (χ1) is 16.0. The molecule has 2 rings (SSSR count). The average Bonchev–Trinajstić information content (AvgIpc) is 2.82. The Bertz CT molecular complexity index is 1090. The molecule has 0 aliphatic rings. The SMILES string of the molecule is C=CC(=O)N(CC(=O)O)c1ccc(Cl)c(Cl)c1.C=CC(=O)N(CC(=O)O)c1cccc(CC)c1. The number of nitrogens with zero attached hydrogens (tertiary/aromatic N) is 2. The smallest absolute Gasteiger partial charge is 0.323 e. The fraction of sp³-hybridized carbons (Fsp3) is 0.167. The molecule has 0 unspecified atom stereocenters. The summed E-state index contributed by atoms with van der Waals surface area (Å²) in [6, 6.07) is 11.7. The van der Waals surface area contributed by atoms with Crippen LogP contribution in [0.5, 0.6) is 0 Å². The number of benzene rings is 2. The van der Waals surface area contributed by atoms with Crippen LogP contribution in [0, 0.1) is 0 Å². The van der Waals surface area contributed by atoms with Gasteiger partial charge in [-0.15, -0.1) is 0 Å². The van der Waals surface area contributed by atoms with Crippen LogP contribution in [-0.4, -0.2) is 47.1 Å². The van der Waals surface area contributed by atoms with Gasteiger partial charge in [0, 0.05) is 11.4 Å². The maximum Gasteiger partial charge on any atom is 0.323 e. The van der Waals surface area contributed by atoms with Crippen LogP contribution < -0.4 is 9.80 Å². The minimum Gasteiger partial charge on any atom is -0.480 e. The predicted octanol–water partition coefficient (Wildman–Crippen LogP) is 4.45. The van der Waals surface area contributed by atoms with E-state index in [-0.39, 0.29) is 11.6 Å². The number of carboxylic acid groups (broad SMARTS) is 2. The molecule has 180 valence electrons. The van der Waals surface area contributed by atoms with Crippen molar-refractivity contribution < 1.29 is 29.4 Å². The fourth-order valence-electron chi connectivity index (χ4n) is 2.68. The highest BCUT2D eigenvalue weighted by Crippen LogP contribution is 2.27. The number of hydrogen-bond donors (Lipinski definition) is 2. The third-order valence-electron chi connectivity index (χ3n) is 4.31. The average molecular weight is 507 g/mol. The first-order valence-electron chi connectivity index (χ1n) is 9.89. The van der Waals surface area contributed by atoms with Crippen molar-refractivity contribution in [3.63, 3.8) is 0 Å². The lowest BCUT2D eigenvalue weighted by molar-refractivity contribution is -0.137. The van der Waals surface area contributed by atoms with E-state index in [0.717, 1.165) is 29.0 Å². The number of aryl methyl sites for hydroxylation is 1. The number of amides is 2. The molecule has 8 nitrogen and oxygen atoms in total. The number of rotatable bonds is 9. The maximum absolute atomic E-state index is 11.6. The van der Waals surface area contributed by atoms with E-state index in [1.165, 1.54) is 23.1 Å². The van der Waals surface area contributed by atoms with Crippen LogP contribution in [0.25, 0.3) is 0 Å². The van der Waals surface area contributed by atoms with Crippen molar-refractivity contribution in [2.24, 2.45) is 0 Å². The highest BCUT2D eigenvalue weighted by Gasteiger charge is 2.17. The van der Waals surface area contributed by atoms with Crippen LogP contribution in [0.15, 0.2) is 67.8 Å². The Hall–Kier alpha value is -3.62. The molecule has 0 bridgehead atoms. The Balaban J connectivity index is 0.000000340. The third kappa shape index (κ3) is 8.73. The Labute approximate surface area is 207 Å². The fourth-order valence-corrected chi connectivity index (χ4v) is 2.97. The second-order valence-corrected chi connectivity index (χ2v) is 7.48. The summed E-state index contributed by atoms with van der Waals surface area (Å²) in [5.74, 6) is -3.13. The molecular weight excluding hydrogens is 483 g/mol. The van der Waals surface area contributed by atoms with Crippen molar-refractivity contribution in [2.75, 3.05) is 22.9 Å². The molecule has 0 aromatic heterocycles. The van der Waals surface area contributed by atoms with Crippen molar-refractivity contribution in [1.29, 1.82) is 0 Å². The number of carboxylic acids is 2. The minimum absolute atomic E-state index is 0.247. The third-order valence-corrected chi connectivity index (χ3v) is 5.05. The predicted molar refractivity (Wildman–Crippen MR) is 133 cm³/mol. The standard InChI is InChI=1S/C13H15NO3.C11H9Cl2NO3/c1-3-10-6-5-7-11(8-10)14(9-13(16)17)12(15)4-2;1-2-10(15)14(6-11(16)17)7-3-4-8(12)9(13)5-7/h4-8H,2-3,9H2,1H3,(H,16,17);2-5H,1,6H2,(H,16,17). The number of carbonyl (C=O) groups is 4. The molecule has 2 aromatic rings. The van der Waals surface area contributed by atoms with E-state index in [1.54, 1.807) is 12.1 Å². The van der Waals surface area contributed by atoms with Crippen LogP contribution in [0.2, 0.25) is 10.0 Å². The van der Waals surface area contributed by atoms with Crippen LogP contribution >= 0.6 is 23.2 Å². The van der Waals surface area contributed by atoms with Gasteiger partial charge in [0.2, 0.25) is 0 Å². The highest BCUT2D eigenvalue weighted by atomic mass is 35.5. The first kappa shape index (κ1) is 28.4. The molecule has 2 aromatic carbocycles. The molecule has 0 saturated carbocycles. The highest BCUT2D eigenvalue weighted by molar-refractivity contribution is 6.42. The van der Waals surface area contributed by atoms with Gasteiger partial charge in [0.15, 0.2) is 0 Å². The van der Waals surface area contributed by atoms with Crippen LogP contribution in [0.3, 0.4) is 0 Å². The van der Waals surface area contributed by atoms with Gasteiger partial charge in [0.25, 0.3) is 11.8 Å². The zero-order valence-electron chi connectivity index (χ0n) is 18.4. The first-order valence-corrected chi connectivity index (χ1v) is 10.6. The number of anilines is 2. The molecule has 0 aliphatic heterocycles. The summed E-state index contributed by atoms with van der Waals surface area (Å²) >= 11 is 11.5. The van der Waals surface area contributed by atoms with E-state index in [1.807, 2.05) is 19.1 Å². The van der Waals surface area contributed by atoms with Gasteiger partial charge in [0.1, 0.15) is 13.1 Å². The van der Waals surface area contributed by atoms with Crippen molar-refractivity contribution in [3.05, 3.63) is 83.4 Å². The molecule has 0 radical (unpaired) electrons. The molecule has 0 fully saturated rings. The van der Waals surface area contributed by atoms with Gasteiger partial charge in [-0.2, -0.15) is 0 Å². The Morgan fingerprint density at radius 3 is 1.74 bits per heavy atom. The largest absolute Gasteiger partial charge is 0.480 e. The van der Waals surface area contributed by atoms with Gasteiger partial charge in [-0.25, -0.2) is 0 Å². The normalized spacial score (nSPS) is 9.74. The number of halogens is 2. The van der Waals surface area contributed by atoms with Crippen LogP contribution in [0.4, 0.5) is 11.4 Å². The lowest BCUT2D eigenvalue weighted by atomic mass is 10.1. The van der Waals surface area contributed by atoms with Crippen molar-refractivity contribution in [2.45, 2.75) is 13.3 Å². The Kier molecular flexibility index (Phi) is 11.5. The van der Waals surface area contributed by atoms with E-state index in [9.17, 15) is 19.2 Å². The molecule has 0 saturated heterocycles. The lowest BCUT2D eigenvalue weighted by Crippen LogP contribution is -2.34. The Morgan fingerprint density at radius 2 is 1.32 bits per heavy atom. The van der Waals surface area contributed by atoms with Gasteiger partial charge in [-0.05, 0) is 54.5 Å².